The van der Waals surface area contributed by atoms with Crippen LogP contribution in [0.15, 0.2) is 42.5 Å². The molecule has 118 valence electrons. The molecule has 2 rings (SSSR count). The Labute approximate surface area is 145 Å². The molecule has 0 fully saturated rings. The van der Waals surface area contributed by atoms with Crippen molar-refractivity contribution in [2.45, 2.75) is 0 Å². The van der Waals surface area contributed by atoms with Crippen molar-refractivity contribution < 1.29 is 24.2 Å². The molecule has 0 aliphatic carbocycles. The molecular formula is C16H12INO5. The molecule has 0 unspecified atom stereocenters. The molecule has 0 bridgehead atoms. The van der Waals surface area contributed by atoms with Crippen LogP contribution in [0.1, 0.15) is 31.1 Å². The first-order valence-corrected chi connectivity index (χ1v) is 7.53. The number of esters is 1. The zero-order chi connectivity index (χ0) is 17.0. The van der Waals surface area contributed by atoms with Crippen LogP contribution in [0.25, 0.3) is 0 Å². The third-order valence-electron chi connectivity index (χ3n) is 3.01. The van der Waals surface area contributed by atoms with E-state index in [9.17, 15) is 19.5 Å². The molecule has 0 saturated heterocycles. The Morgan fingerprint density at radius 3 is 2.43 bits per heavy atom. The van der Waals surface area contributed by atoms with Crippen molar-refractivity contribution >= 4 is 46.1 Å². The van der Waals surface area contributed by atoms with Gasteiger partial charge in [0.1, 0.15) is 0 Å². The number of aromatic carboxylic acids is 1. The summed E-state index contributed by atoms with van der Waals surface area (Å²) in [6, 6.07) is 10.6. The molecule has 2 aromatic carbocycles. The molecular weight excluding hydrogens is 413 g/mol. The number of amides is 1. The summed E-state index contributed by atoms with van der Waals surface area (Å²) in [5.41, 5.74) is 0.643. The highest BCUT2D eigenvalue weighted by Gasteiger charge is 2.15. The Morgan fingerprint density at radius 1 is 1.09 bits per heavy atom. The van der Waals surface area contributed by atoms with Crippen LogP contribution < -0.4 is 5.32 Å². The van der Waals surface area contributed by atoms with Crippen LogP contribution in [0, 0.1) is 3.57 Å². The lowest BCUT2D eigenvalue weighted by Crippen LogP contribution is -2.15. The maximum atomic E-state index is 12.3. The normalized spacial score (nSPS) is 10.0. The predicted molar refractivity (Wildman–Crippen MR) is 91.9 cm³/mol. The topological polar surface area (TPSA) is 92.7 Å². The molecule has 0 aliphatic heterocycles. The second-order valence-electron chi connectivity index (χ2n) is 4.52. The first-order chi connectivity index (χ1) is 10.9. The number of carboxylic acids is 1. The van der Waals surface area contributed by atoms with E-state index in [0.717, 1.165) is 3.57 Å². The number of methoxy groups -OCH3 is 1. The van der Waals surface area contributed by atoms with E-state index in [4.69, 9.17) is 0 Å². The number of rotatable bonds is 4. The fourth-order valence-corrected chi connectivity index (χ4v) is 2.39. The quantitative estimate of drug-likeness (QED) is 0.581. The van der Waals surface area contributed by atoms with E-state index in [1.165, 1.54) is 37.4 Å². The SMILES string of the molecule is COC(=O)c1cccc(C(=O)Nc2ccc(I)cc2C(=O)O)c1. The van der Waals surface area contributed by atoms with Crippen molar-refractivity contribution in [2.24, 2.45) is 0 Å². The summed E-state index contributed by atoms with van der Waals surface area (Å²) < 4.78 is 5.35. The Kier molecular flexibility index (Phi) is 5.32. The van der Waals surface area contributed by atoms with Gasteiger partial charge in [0.25, 0.3) is 5.91 Å². The van der Waals surface area contributed by atoms with E-state index in [2.05, 4.69) is 10.1 Å². The van der Waals surface area contributed by atoms with Gasteiger partial charge >= 0.3 is 11.9 Å². The minimum Gasteiger partial charge on any atom is -0.478 e. The van der Waals surface area contributed by atoms with E-state index in [1.807, 2.05) is 22.6 Å². The molecule has 0 saturated carbocycles. The van der Waals surface area contributed by atoms with Crippen molar-refractivity contribution in [2.75, 3.05) is 12.4 Å². The number of ether oxygens (including phenoxy) is 1. The average molecular weight is 425 g/mol. The van der Waals surface area contributed by atoms with Gasteiger partial charge in [-0.15, -0.1) is 0 Å². The van der Waals surface area contributed by atoms with E-state index in [1.54, 1.807) is 12.1 Å². The lowest BCUT2D eigenvalue weighted by molar-refractivity contribution is 0.0599. The molecule has 2 N–H and O–H groups in total. The zero-order valence-corrected chi connectivity index (χ0v) is 14.2. The second kappa shape index (κ2) is 7.23. The number of carbonyl (C=O) groups excluding carboxylic acids is 2. The van der Waals surface area contributed by atoms with Gasteiger partial charge in [-0.25, -0.2) is 9.59 Å². The average Bonchev–Trinajstić information content (AvgIpc) is 2.55. The van der Waals surface area contributed by atoms with Gasteiger partial charge in [-0.3, -0.25) is 4.79 Å². The molecule has 0 spiro atoms. The van der Waals surface area contributed by atoms with E-state index >= 15 is 0 Å². The molecule has 0 atom stereocenters. The molecule has 1 amide bonds. The summed E-state index contributed by atoms with van der Waals surface area (Å²) in [5.74, 6) is -2.21. The lowest BCUT2D eigenvalue weighted by atomic mass is 10.1. The number of hydrogen-bond acceptors (Lipinski definition) is 4. The molecule has 0 heterocycles. The third kappa shape index (κ3) is 4.07. The third-order valence-corrected chi connectivity index (χ3v) is 3.68. The highest BCUT2D eigenvalue weighted by molar-refractivity contribution is 14.1. The molecule has 6 nitrogen and oxygen atoms in total. The van der Waals surface area contributed by atoms with Gasteiger partial charge in [-0.1, -0.05) is 6.07 Å². The Bertz CT molecular complexity index is 788. The van der Waals surface area contributed by atoms with Crippen molar-refractivity contribution in [3.05, 3.63) is 62.7 Å². The molecule has 2 aromatic rings. The highest BCUT2D eigenvalue weighted by Crippen LogP contribution is 2.20. The van der Waals surface area contributed by atoms with Crippen LogP contribution in [0.5, 0.6) is 0 Å². The Balaban J connectivity index is 2.30. The molecule has 7 heteroatoms. The Hall–Kier alpha value is -2.42. The van der Waals surface area contributed by atoms with Crippen LogP contribution in [0.2, 0.25) is 0 Å². The van der Waals surface area contributed by atoms with Crippen LogP contribution in [0.3, 0.4) is 0 Å². The van der Waals surface area contributed by atoms with Crippen LogP contribution in [-0.2, 0) is 4.74 Å². The molecule has 0 radical (unpaired) electrons. The molecule has 23 heavy (non-hydrogen) atoms. The van der Waals surface area contributed by atoms with Gasteiger partial charge < -0.3 is 15.2 Å². The van der Waals surface area contributed by atoms with Crippen molar-refractivity contribution in [3.63, 3.8) is 0 Å². The number of anilines is 1. The second-order valence-corrected chi connectivity index (χ2v) is 5.77. The number of carboxylic acid groups (broad SMARTS) is 1. The summed E-state index contributed by atoms with van der Waals surface area (Å²) in [6.07, 6.45) is 0. The summed E-state index contributed by atoms with van der Waals surface area (Å²) >= 11 is 1.99. The fourth-order valence-electron chi connectivity index (χ4n) is 1.90. The smallest absolute Gasteiger partial charge is 0.337 e. The first-order valence-electron chi connectivity index (χ1n) is 6.45. The maximum absolute atomic E-state index is 12.3. The van der Waals surface area contributed by atoms with Gasteiger partial charge in [-0.05, 0) is 59.0 Å². The minimum atomic E-state index is -1.14. The molecule has 0 aromatic heterocycles. The zero-order valence-electron chi connectivity index (χ0n) is 12.0. The van der Waals surface area contributed by atoms with Crippen LogP contribution in [0.4, 0.5) is 5.69 Å². The monoisotopic (exact) mass is 425 g/mol. The van der Waals surface area contributed by atoms with E-state index in [-0.39, 0.29) is 22.4 Å². The number of benzene rings is 2. The summed E-state index contributed by atoms with van der Waals surface area (Å²) in [7, 11) is 1.25. The minimum absolute atomic E-state index is 0.00521. The number of carbonyl (C=O) groups is 3. The number of halogens is 1. The van der Waals surface area contributed by atoms with Gasteiger partial charge in [0.2, 0.25) is 0 Å². The highest BCUT2D eigenvalue weighted by atomic mass is 127. The fraction of sp³-hybridized carbons (Fsp3) is 0.0625. The largest absolute Gasteiger partial charge is 0.478 e. The predicted octanol–water partition coefficient (Wildman–Crippen LogP) is 3.03. The number of hydrogen-bond donors (Lipinski definition) is 2. The Morgan fingerprint density at radius 2 is 1.78 bits per heavy atom. The summed E-state index contributed by atoms with van der Waals surface area (Å²) in [4.78, 5) is 35.0. The number of nitrogens with one attached hydrogen (secondary N) is 1. The van der Waals surface area contributed by atoms with Gasteiger partial charge in [0.15, 0.2) is 0 Å². The maximum Gasteiger partial charge on any atom is 0.337 e. The van der Waals surface area contributed by atoms with Crippen LogP contribution >= 0.6 is 22.6 Å². The summed E-state index contributed by atoms with van der Waals surface area (Å²) in [6.45, 7) is 0. The summed E-state index contributed by atoms with van der Waals surface area (Å²) in [5, 5.41) is 11.8. The molecule has 0 aliphatic rings. The standard InChI is InChI=1S/C16H12INO5/c1-23-16(22)10-4-2-3-9(7-10)14(19)18-13-6-5-11(17)8-12(13)15(20)21/h2-8H,1H3,(H,18,19)(H,20,21). The van der Waals surface area contributed by atoms with Crippen molar-refractivity contribution in [1.82, 2.24) is 0 Å². The van der Waals surface area contributed by atoms with Gasteiger partial charge in [0.05, 0.1) is 23.9 Å². The van der Waals surface area contributed by atoms with Crippen molar-refractivity contribution in [3.8, 4) is 0 Å². The van der Waals surface area contributed by atoms with Gasteiger partial charge in [0, 0.05) is 9.13 Å². The van der Waals surface area contributed by atoms with E-state index in [0.29, 0.717) is 0 Å². The van der Waals surface area contributed by atoms with Gasteiger partial charge in [-0.2, -0.15) is 0 Å². The van der Waals surface area contributed by atoms with E-state index < -0.39 is 17.8 Å². The van der Waals surface area contributed by atoms with Crippen molar-refractivity contribution in [1.29, 1.82) is 0 Å². The first kappa shape index (κ1) is 16.9. The van der Waals surface area contributed by atoms with Crippen LogP contribution in [-0.4, -0.2) is 30.1 Å². The lowest BCUT2D eigenvalue weighted by Gasteiger charge is -2.09.